The van der Waals surface area contributed by atoms with Gasteiger partial charge in [-0.2, -0.15) is 0 Å². The summed E-state index contributed by atoms with van der Waals surface area (Å²) in [6, 6.07) is 18.4. The van der Waals surface area contributed by atoms with Crippen molar-refractivity contribution in [3.05, 3.63) is 82.3 Å². The van der Waals surface area contributed by atoms with Crippen LogP contribution in [0.5, 0.6) is 5.75 Å². The standard InChI is InChI=1S/C23H19Cl2N3O3S/c1-14(31-20-11-10-17(24)13-19(20)25)22(30)27-28-23(32)26-21(29)12-9-16-7-4-6-15-5-2-3-8-18(15)16/h2-14H,1H3,(H,27,30)(H2,26,28,29,32). The SMILES string of the molecule is CC(Oc1ccc(Cl)cc1Cl)C(=O)NNC(=S)NC(=O)C=Cc1cccc2ccccc12. The van der Waals surface area contributed by atoms with E-state index >= 15 is 0 Å². The summed E-state index contributed by atoms with van der Waals surface area (Å²) in [5.74, 6) is -0.644. The van der Waals surface area contributed by atoms with Gasteiger partial charge in [-0.25, -0.2) is 0 Å². The van der Waals surface area contributed by atoms with Gasteiger partial charge in [0.1, 0.15) is 5.75 Å². The highest BCUT2D eigenvalue weighted by molar-refractivity contribution is 7.80. The minimum absolute atomic E-state index is 0.0670. The summed E-state index contributed by atoms with van der Waals surface area (Å²) in [5, 5.41) is 5.24. The van der Waals surface area contributed by atoms with Crippen LogP contribution in [0.3, 0.4) is 0 Å². The molecule has 0 aromatic heterocycles. The Balaban J connectivity index is 1.49. The summed E-state index contributed by atoms with van der Waals surface area (Å²) in [6.07, 6.45) is 2.18. The van der Waals surface area contributed by atoms with E-state index in [9.17, 15) is 9.59 Å². The van der Waals surface area contributed by atoms with Crippen molar-refractivity contribution in [3.63, 3.8) is 0 Å². The average Bonchev–Trinajstić information content (AvgIpc) is 2.77. The van der Waals surface area contributed by atoms with Gasteiger partial charge >= 0.3 is 0 Å². The number of carbonyl (C=O) groups excluding carboxylic acids is 2. The van der Waals surface area contributed by atoms with Crippen molar-refractivity contribution in [3.8, 4) is 5.75 Å². The van der Waals surface area contributed by atoms with Crippen LogP contribution in [0.4, 0.5) is 0 Å². The second-order valence-electron chi connectivity index (χ2n) is 6.67. The van der Waals surface area contributed by atoms with E-state index in [1.54, 1.807) is 18.2 Å². The zero-order valence-corrected chi connectivity index (χ0v) is 19.2. The van der Waals surface area contributed by atoms with Crippen LogP contribution in [-0.4, -0.2) is 23.0 Å². The van der Waals surface area contributed by atoms with Gasteiger partial charge < -0.3 is 4.74 Å². The van der Waals surface area contributed by atoms with Gasteiger partial charge in [-0.15, -0.1) is 0 Å². The predicted molar refractivity (Wildman–Crippen MR) is 132 cm³/mol. The zero-order valence-electron chi connectivity index (χ0n) is 16.9. The lowest BCUT2D eigenvalue weighted by Gasteiger charge is -2.16. The highest BCUT2D eigenvalue weighted by Gasteiger charge is 2.16. The molecular weight excluding hydrogens is 469 g/mol. The molecule has 3 rings (SSSR count). The van der Waals surface area contributed by atoms with E-state index in [1.165, 1.54) is 19.1 Å². The van der Waals surface area contributed by atoms with Crippen LogP contribution in [0, 0.1) is 0 Å². The van der Waals surface area contributed by atoms with E-state index in [1.807, 2.05) is 42.5 Å². The lowest BCUT2D eigenvalue weighted by atomic mass is 10.0. The summed E-state index contributed by atoms with van der Waals surface area (Å²) < 4.78 is 5.51. The molecule has 3 aromatic carbocycles. The van der Waals surface area contributed by atoms with Gasteiger partial charge in [0, 0.05) is 11.1 Å². The Morgan fingerprint density at radius 3 is 2.56 bits per heavy atom. The molecule has 0 aliphatic rings. The first-order valence-corrected chi connectivity index (χ1v) is 10.7. The van der Waals surface area contributed by atoms with Crippen LogP contribution < -0.4 is 20.9 Å². The number of hydrogen-bond donors (Lipinski definition) is 3. The molecule has 0 spiro atoms. The Kier molecular flexibility index (Phi) is 8.05. The number of fused-ring (bicyclic) bond motifs is 1. The van der Waals surface area contributed by atoms with E-state index in [-0.39, 0.29) is 10.1 Å². The number of halogens is 2. The molecular formula is C23H19Cl2N3O3S. The number of thiocarbonyl (C=S) groups is 1. The fourth-order valence-corrected chi connectivity index (χ4v) is 3.39. The molecule has 6 nitrogen and oxygen atoms in total. The number of carbonyl (C=O) groups is 2. The first kappa shape index (κ1) is 23.5. The minimum Gasteiger partial charge on any atom is -0.479 e. The predicted octanol–water partition coefficient (Wildman–Crippen LogP) is 4.65. The Hall–Kier alpha value is -3.13. The minimum atomic E-state index is -0.883. The van der Waals surface area contributed by atoms with E-state index in [0.717, 1.165) is 16.3 Å². The van der Waals surface area contributed by atoms with Crippen molar-refractivity contribution >= 4 is 69.2 Å². The van der Waals surface area contributed by atoms with Gasteiger partial charge in [0.15, 0.2) is 11.2 Å². The van der Waals surface area contributed by atoms with Gasteiger partial charge in [0.2, 0.25) is 5.91 Å². The average molecular weight is 488 g/mol. The van der Waals surface area contributed by atoms with Crippen molar-refractivity contribution in [2.45, 2.75) is 13.0 Å². The van der Waals surface area contributed by atoms with Crippen molar-refractivity contribution < 1.29 is 14.3 Å². The number of hydrazine groups is 1. The van der Waals surface area contributed by atoms with Crippen molar-refractivity contribution in [1.29, 1.82) is 0 Å². The quantitative estimate of drug-likeness (QED) is 0.277. The van der Waals surface area contributed by atoms with Crippen molar-refractivity contribution in [2.24, 2.45) is 0 Å². The largest absolute Gasteiger partial charge is 0.479 e. The molecule has 0 aliphatic carbocycles. The second kappa shape index (κ2) is 10.9. The fraction of sp³-hybridized carbons (Fsp3) is 0.0870. The molecule has 0 saturated heterocycles. The number of ether oxygens (including phenoxy) is 1. The monoisotopic (exact) mass is 487 g/mol. The van der Waals surface area contributed by atoms with Crippen LogP contribution in [0.2, 0.25) is 10.0 Å². The van der Waals surface area contributed by atoms with Gasteiger partial charge in [0.05, 0.1) is 5.02 Å². The molecule has 32 heavy (non-hydrogen) atoms. The lowest BCUT2D eigenvalue weighted by molar-refractivity contribution is -0.128. The molecule has 0 bridgehead atoms. The van der Waals surface area contributed by atoms with Crippen LogP contribution in [-0.2, 0) is 9.59 Å². The zero-order chi connectivity index (χ0) is 23.1. The first-order chi connectivity index (χ1) is 15.3. The molecule has 9 heteroatoms. The summed E-state index contributed by atoms with van der Waals surface area (Å²) in [6.45, 7) is 1.54. The van der Waals surface area contributed by atoms with Crippen LogP contribution in [0.25, 0.3) is 16.8 Å². The van der Waals surface area contributed by atoms with Crippen LogP contribution in [0.15, 0.2) is 66.7 Å². The Morgan fingerprint density at radius 1 is 1.03 bits per heavy atom. The third-order valence-corrected chi connectivity index (χ3v) is 5.08. The van der Waals surface area contributed by atoms with Crippen LogP contribution >= 0.6 is 35.4 Å². The number of nitrogens with one attached hydrogen (secondary N) is 3. The molecule has 164 valence electrons. The molecule has 0 radical (unpaired) electrons. The first-order valence-electron chi connectivity index (χ1n) is 9.52. The molecule has 0 fully saturated rings. The topological polar surface area (TPSA) is 79.5 Å². The second-order valence-corrected chi connectivity index (χ2v) is 7.92. The van der Waals surface area contributed by atoms with E-state index < -0.39 is 17.9 Å². The van der Waals surface area contributed by atoms with Crippen LogP contribution in [0.1, 0.15) is 12.5 Å². The maximum Gasteiger partial charge on any atom is 0.279 e. The molecule has 2 amide bonds. The van der Waals surface area contributed by atoms with Crippen molar-refractivity contribution in [2.75, 3.05) is 0 Å². The normalized spacial score (nSPS) is 11.7. The third-order valence-electron chi connectivity index (χ3n) is 4.34. The maximum atomic E-state index is 12.2. The summed E-state index contributed by atoms with van der Waals surface area (Å²) in [5.41, 5.74) is 5.74. The molecule has 3 aromatic rings. The molecule has 0 heterocycles. The lowest BCUT2D eigenvalue weighted by Crippen LogP contribution is -2.51. The molecule has 1 unspecified atom stereocenters. The van der Waals surface area contributed by atoms with E-state index in [0.29, 0.717) is 10.8 Å². The summed E-state index contributed by atoms with van der Waals surface area (Å²) in [7, 11) is 0. The third kappa shape index (κ3) is 6.43. The van der Waals surface area contributed by atoms with Gasteiger partial charge in [-0.05, 0) is 59.8 Å². The molecule has 0 aliphatic heterocycles. The fourth-order valence-electron chi connectivity index (χ4n) is 2.78. The Labute approximate surface area is 200 Å². The highest BCUT2D eigenvalue weighted by Crippen LogP contribution is 2.28. The van der Waals surface area contributed by atoms with E-state index in [2.05, 4.69) is 16.2 Å². The maximum absolute atomic E-state index is 12.2. The molecule has 1 atom stereocenters. The summed E-state index contributed by atoms with van der Waals surface area (Å²) in [4.78, 5) is 24.4. The smallest absolute Gasteiger partial charge is 0.279 e. The van der Waals surface area contributed by atoms with Gasteiger partial charge in [-0.1, -0.05) is 65.7 Å². The van der Waals surface area contributed by atoms with Crippen molar-refractivity contribution in [1.82, 2.24) is 16.2 Å². The Morgan fingerprint density at radius 2 is 1.78 bits per heavy atom. The molecule has 3 N–H and O–H groups in total. The Bertz CT molecular complexity index is 1190. The number of rotatable bonds is 5. The van der Waals surface area contributed by atoms with Gasteiger partial charge in [0.25, 0.3) is 5.91 Å². The summed E-state index contributed by atoms with van der Waals surface area (Å²) >= 11 is 16.9. The van der Waals surface area contributed by atoms with Gasteiger partial charge in [-0.3, -0.25) is 25.8 Å². The number of hydrogen-bond acceptors (Lipinski definition) is 4. The van der Waals surface area contributed by atoms with E-state index in [4.69, 9.17) is 40.2 Å². The number of amides is 2. The molecule has 0 saturated carbocycles. The number of benzene rings is 3. The highest BCUT2D eigenvalue weighted by atomic mass is 35.5.